The predicted molar refractivity (Wildman–Crippen MR) is 64.9 cm³/mol. The third-order valence-corrected chi connectivity index (χ3v) is 5.43. The molecule has 1 saturated heterocycles. The van der Waals surface area contributed by atoms with Crippen LogP contribution in [0.4, 0.5) is 0 Å². The van der Waals surface area contributed by atoms with Crippen molar-refractivity contribution < 1.29 is 13.2 Å². The number of sulfonamides is 1. The third-order valence-electron chi connectivity index (χ3n) is 3.60. The van der Waals surface area contributed by atoms with Crippen molar-refractivity contribution in [2.45, 2.75) is 50.8 Å². The molecule has 6 heteroatoms. The van der Waals surface area contributed by atoms with Crippen LogP contribution in [-0.4, -0.2) is 32.2 Å². The fourth-order valence-corrected chi connectivity index (χ4v) is 3.64. The lowest BCUT2D eigenvalue weighted by Gasteiger charge is -2.38. The van der Waals surface area contributed by atoms with E-state index in [1.54, 1.807) is 0 Å². The van der Waals surface area contributed by atoms with Crippen molar-refractivity contribution in [2.24, 2.45) is 5.41 Å². The molecule has 2 fully saturated rings. The summed E-state index contributed by atoms with van der Waals surface area (Å²) in [7, 11) is -3.43. The zero-order valence-electron chi connectivity index (χ0n) is 10.3. The highest BCUT2D eigenvalue weighted by molar-refractivity contribution is 7.90. The Morgan fingerprint density at radius 2 is 2.00 bits per heavy atom. The minimum Gasteiger partial charge on any atom is -0.305 e. The van der Waals surface area contributed by atoms with Gasteiger partial charge in [-0.05, 0) is 37.6 Å². The molecular formula is C11H20N2O3S. The standard InChI is InChI=1S/C11H20N2O3S/c1-11(2)6-3-7-12-9(11)10(14)13-17(15,16)8-4-5-8/h8-9,12H,3-7H2,1-2H3,(H,13,14). The lowest BCUT2D eigenvalue weighted by molar-refractivity contribution is -0.124. The molecule has 0 spiro atoms. The van der Waals surface area contributed by atoms with E-state index in [1.807, 2.05) is 13.8 Å². The molecule has 0 aromatic rings. The Hall–Kier alpha value is -0.620. The lowest BCUT2D eigenvalue weighted by Crippen LogP contribution is -2.56. The van der Waals surface area contributed by atoms with Crippen LogP contribution in [0.25, 0.3) is 0 Å². The highest BCUT2D eigenvalue weighted by Crippen LogP contribution is 2.31. The van der Waals surface area contributed by atoms with Gasteiger partial charge in [0.2, 0.25) is 10.0 Å². The second kappa shape index (κ2) is 4.24. The second-order valence-electron chi connectivity index (χ2n) is 5.69. The highest BCUT2D eigenvalue weighted by atomic mass is 32.2. The second-order valence-corrected chi connectivity index (χ2v) is 7.65. The zero-order valence-corrected chi connectivity index (χ0v) is 11.1. The summed E-state index contributed by atoms with van der Waals surface area (Å²) in [5, 5.41) is 2.77. The molecule has 0 aromatic heterocycles. The maximum absolute atomic E-state index is 12.0. The van der Waals surface area contributed by atoms with Gasteiger partial charge in [0.1, 0.15) is 0 Å². The van der Waals surface area contributed by atoms with E-state index >= 15 is 0 Å². The molecule has 5 nitrogen and oxygen atoms in total. The van der Waals surface area contributed by atoms with Crippen LogP contribution >= 0.6 is 0 Å². The van der Waals surface area contributed by atoms with E-state index in [0.29, 0.717) is 12.8 Å². The number of piperidine rings is 1. The number of nitrogens with one attached hydrogen (secondary N) is 2. The Morgan fingerprint density at radius 1 is 1.35 bits per heavy atom. The summed E-state index contributed by atoms with van der Waals surface area (Å²) in [5.41, 5.74) is -0.193. The Bertz CT molecular complexity index is 412. The monoisotopic (exact) mass is 260 g/mol. The molecule has 17 heavy (non-hydrogen) atoms. The van der Waals surface area contributed by atoms with Gasteiger partial charge in [-0.3, -0.25) is 9.52 Å². The number of hydrogen-bond acceptors (Lipinski definition) is 4. The molecule has 0 radical (unpaired) electrons. The van der Waals surface area contributed by atoms with Crippen molar-refractivity contribution in [3.05, 3.63) is 0 Å². The first kappa shape index (κ1) is 12.8. The molecule has 0 bridgehead atoms. The molecule has 2 rings (SSSR count). The first-order valence-electron chi connectivity index (χ1n) is 6.12. The minimum absolute atomic E-state index is 0.193. The molecule has 1 amide bonds. The van der Waals surface area contributed by atoms with Crippen LogP contribution in [0, 0.1) is 5.41 Å². The first-order chi connectivity index (χ1) is 7.83. The first-order valence-corrected chi connectivity index (χ1v) is 7.66. The topological polar surface area (TPSA) is 75.3 Å². The summed E-state index contributed by atoms with van der Waals surface area (Å²) in [6, 6.07) is -0.412. The number of hydrogen-bond donors (Lipinski definition) is 2. The Balaban J connectivity index is 2.04. The van der Waals surface area contributed by atoms with Gasteiger partial charge in [-0.1, -0.05) is 13.8 Å². The molecule has 1 unspecified atom stereocenters. The number of amides is 1. The fraction of sp³-hybridized carbons (Fsp3) is 0.909. The van der Waals surface area contributed by atoms with Crippen molar-refractivity contribution in [3.63, 3.8) is 0 Å². The lowest BCUT2D eigenvalue weighted by atomic mass is 9.77. The summed E-state index contributed by atoms with van der Waals surface area (Å²) in [6.45, 7) is 4.76. The molecule has 2 N–H and O–H groups in total. The summed E-state index contributed by atoms with van der Waals surface area (Å²) in [5.74, 6) is -0.401. The van der Waals surface area contributed by atoms with Gasteiger partial charge in [-0.2, -0.15) is 0 Å². The predicted octanol–water partition coefficient (Wildman–Crippen LogP) is 0.373. The van der Waals surface area contributed by atoms with E-state index < -0.39 is 22.0 Å². The molecule has 1 atom stereocenters. The third kappa shape index (κ3) is 2.80. The Morgan fingerprint density at radius 3 is 2.53 bits per heavy atom. The number of carbonyl (C=O) groups is 1. The molecule has 98 valence electrons. The van der Waals surface area contributed by atoms with Crippen LogP contribution in [0.5, 0.6) is 0 Å². The van der Waals surface area contributed by atoms with Gasteiger partial charge in [0.25, 0.3) is 5.91 Å². The van der Waals surface area contributed by atoms with Crippen LogP contribution in [0.15, 0.2) is 0 Å². The van der Waals surface area contributed by atoms with Gasteiger partial charge in [-0.15, -0.1) is 0 Å². The molecule has 2 aliphatic rings. The van der Waals surface area contributed by atoms with Crippen molar-refractivity contribution in [1.82, 2.24) is 10.0 Å². The van der Waals surface area contributed by atoms with Gasteiger partial charge in [0.15, 0.2) is 0 Å². The van der Waals surface area contributed by atoms with Crippen molar-refractivity contribution in [2.75, 3.05) is 6.54 Å². The van der Waals surface area contributed by atoms with Gasteiger partial charge >= 0.3 is 0 Å². The van der Waals surface area contributed by atoms with Crippen LogP contribution in [-0.2, 0) is 14.8 Å². The Labute approximate surface area is 102 Å². The molecular weight excluding hydrogens is 240 g/mol. The van der Waals surface area contributed by atoms with Crippen molar-refractivity contribution in [3.8, 4) is 0 Å². The molecule has 1 aliphatic carbocycles. The van der Waals surface area contributed by atoms with Crippen LogP contribution < -0.4 is 10.0 Å². The average Bonchev–Trinajstić information content (AvgIpc) is 2.98. The summed E-state index contributed by atoms with van der Waals surface area (Å²) in [4.78, 5) is 12.0. The maximum atomic E-state index is 12.0. The number of carbonyl (C=O) groups excluding carboxylic acids is 1. The smallest absolute Gasteiger partial charge is 0.251 e. The minimum atomic E-state index is -3.43. The van der Waals surface area contributed by atoms with E-state index in [9.17, 15) is 13.2 Å². The molecule has 1 heterocycles. The largest absolute Gasteiger partial charge is 0.305 e. The fourth-order valence-electron chi connectivity index (χ4n) is 2.32. The quantitative estimate of drug-likeness (QED) is 0.769. The van der Waals surface area contributed by atoms with E-state index in [1.165, 1.54) is 0 Å². The van der Waals surface area contributed by atoms with E-state index in [2.05, 4.69) is 10.0 Å². The van der Waals surface area contributed by atoms with Crippen molar-refractivity contribution in [1.29, 1.82) is 0 Å². The highest BCUT2D eigenvalue weighted by Gasteiger charge is 2.42. The van der Waals surface area contributed by atoms with Crippen molar-refractivity contribution >= 4 is 15.9 Å². The van der Waals surface area contributed by atoms with E-state index in [-0.39, 0.29) is 10.7 Å². The van der Waals surface area contributed by atoms with Gasteiger partial charge < -0.3 is 5.32 Å². The zero-order chi connectivity index (χ0) is 12.7. The number of rotatable bonds is 3. The van der Waals surface area contributed by atoms with Crippen LogP contribution in [0.1, 0.15) is 39.5 Å². The van der Waals surface area contributed by atoms with Crippen LogP contribution in [0.3, 0.4) is 0 Å². The Kier molecular flexibility index (Phi) is 3.20. The van der Waals surface area contributed by atoms with Gasteiger partial charge in [0.05, 0.1) is 11.3 Å². The molecule has 1 saturated carbocycles. The maximum Gasteiger partial charge on any atom is 0.251 e. The molecule has 0 aromatic carbocycles. The molecule has 1 aliphatic heterocycles. The normalized spacial score (nSPS) is 28.7. The SMILES string of the molecule is CC1(C)CCCNC1C(=O)NS(=O)(=O)C1CC1. The summed E-state index contributed by atoms with van der Waals surface area (Å²) in [6.07, 6.45) is 3.29. The average molecular weight is 260 g/mol. The summed E-state index contributed by atoms with van der Waals surface area (Å²) < 4.78 is 25.6. The van der Waals surface area contributed by atoms with E-state index in [0.717, 1.165) is 19.4 Å². The van der Waals surface area contributed by atoms with Gasteiger partial charge in [-0.25, -0.2) is 8.42 Å². The van der Waals surface area contributed by atoms with Gasteiger partial charge in [0, 0.05) is 0 Å². The van der Waals surface area contributed by atoms with Crippen LogP contribution in [0.2, 0.25) is 0 Å². The summed E-state index contributed by atoms with van der Waals surface area (Å²) >= 11 is 0. The van der Waals surface area contributed by atoms with E-state index in [4.69, 9.17) is 0 Å².